The third kappa shape index (κ3) is 5.63. The molecule has 3 N–H and O–H groups in total. The molecule has 2 heterocycles. The van der Waals surface area contributed by atoms with Crippen LogP contribution in [-0.4, -0.2) is 54.9 Å². The molecule has 0 bridgehead atoms. The van der Waals surface area contributed by atoms with E-state index in [0.29, 0.717) is 18.6 Å². The summed E-state index contributed by atoms with van der Waals surface area (Å²) in [5, 5.41) is 9.20. The van der Waals surface area contributed by atoms with E-state index in [0.717, 1.165) is 22.3 Å². The maximum Gasteiger partial charge on any atom is 0.246 e. The average molecular weight is 569 g/mol. The lowest BCUT2D eigenvalue weighted by molar-refractivity contribution is -0.145. The maximum atomic E-state index is 14.4. The first-order valence-electron chi connectivity index (χ1n) is 14.5. The van der Waals surface area contributed by atoms with Crippen LogP contribution in [0.25, 0.3) is 0 Å². The van der Waals surface area contributed by atoms with E-state index >= 15 is 0 Å². The van der Waals surface area contributed by atoms with Gasteiger partial charge in [0.2, 0.25) is 17.7 Å². The summed E-state index contributed by atoms with van der Waals surface area (Å²) < 4.78 is 5.50. The highest BCUT2D eigenvalue weighted by Gasteiger charge is 2.55. The molecule has 3 aromatic carbocycles. The van der Waals surface area contributed by atoms with Crippen LogP contribution in [0.3, 0.4) is 0 Å². The summed E-state index contributed by atoms with van der Waals surface area (Å²) in [6.45, 7) is 5.83. The number of carbonyl (C=O) groups excluding carboxylic acids is 3. The molecule has 2 aliphatic rings. The second kappa shape index (κ2) is 12.0. The van der Waals surface area contributed by atoms with Crippen molar-refractivity contribution in [1.29, 1.82) is 0 Å². The zero-order valence-corrected chi connectivity index (χ0v) is 24.9. The number of fused-ring (bicyclic) bond motifs is 3. The van der Waals surface area contributed by atoms with Crippen molar-refractivity contribution in [1.82, 2.24) is 20.9 Å². The minimum atomic E-state index is -0.826. The van der Waals surface area contributed by atoms with Gasteiger partial charge in [0.1, 0.15) is 17.8 Å². The van der Waals surface area contributed by atoms with Gasteiger partial charge in [0.15, 0.2) is 0 Å². The molecule has 1 saturated heterocycles. The van der Waals surface area contributed by atoms with Gasteiger partial charge in [0.25, 0.3) is 0 Å². The highest BCUT2D eigenvalue weighted by molar-refractivity contribution is 5.95. The number of amides is 3. The van der Waals surface area contributed by atoms with Crippen molar-refractivity contribution in [2.75, 3.05) is 14.2 Å². The van der Waals surface area contributed by atoms with Crippen molar-refractivity contribution in [3.63, 3.8) is 0 Å². The quantitative estimate of drug-likeness (QED) is 0.383. The van der Waals surface area contributed by atoms with Gasteiger partial charge in [-0.2, -0.15) is 0 Å². The van der Waals surface area contributed by atoms with E-state index in [1.807, 2.05) is 92.7 Å². The van der Waals surface area contributed by atoms with Gasteiger partial charge < -0.3 is 25.6 Å². The summed E-state index contributed by atoms with van der Waals surface area (Å²) in [6, 6.07) is 22.8. The van der Waals surface area contributed by atoms with E-state index < -0.39 is 23.5 Å². The fourth-order valence-electron chi connectivity index (χ4n) is 6.40. The van der Waals surface area contributed by atoms with Gasteiger partial charge in [-0.3, -0.25) is 14.4 Å². The normalized spacial score (nSPS) is 21.6. The molecule has 0 aliphatic carbocycles. The molecule has 220 valence electrons. The third-order valence-corrected chi connectivity index (χ3v) is 8.70. The number of hydrogen-bond donors (Lipinski definition) is 3. The minimum absolute atomic E-state index is 0.223. The Morgan fingerprint density at radius 1 is 0.976 bits per heavy atom. The minimum Gasteiger partial charge on any atom is -0.497 e. The van der Waals surface area contributed by atoms with Crippen LogP contribution in [0.4, 0.5) is 0 Å². The molecular weight excluding hydrogens is 528 g/mol. The predicted molar refractivity (Wildman–Crippen MR) is 162 cm³/mol. The van der Waals surface area contributed by atoms with Crippen molar-refractivity contribution < 1.29 is 19.1 Å². The van der Waals surface area contributed by atoms with Crippen LogP contribution in [0.5, 0.6) is 5.75 Å². The average Bonchev–Trinajstić information content (AvgIpc) is 3.24. The summed E-state index contributed by atoms with van der Waals surface area (Å²) in [5.74, 6) is -0.0671. The van der Waals surface area contributed by atoms with Gasteiger partial charge in [-0.1, -0.05) is 80.6 Å². The summed E-state index contributed by atoms with van der Waals surface area (Å²) in [4.78, 5) is 43.5. The van der Waals surface area contributed by atoms with Crippen LogP contribution in [0.1, 0.15) is 61.5 Å². The van der Waals surface area contributed by atoms with Crippen molar-refractivity contribution in [3.8, 4) is 5.75 Å². The molecule has 4 atom stereocenters. The van der Waals surface area contributed by atoms with Gasteiger partial charge in [-0.25, -0.2) is 0 Å². The SMILES string of the molecule is CNC(C)C(=O)N[C@H]1Cc2cc(OC)ccc2[C@H]2CC(C)(C)C(C(=O)NC(c3ccccc3)c3ccccc3)N2C1=O. The summed E-state index contributed by atoms with van der Waals surface area (Å²) >= 11 is 0. The first kappa shape index (κ1) is 29.3. The lowest BCUT2D eigenvalue weighted by atomic mass is 9.81. The van der Waals surface area contributed by atoms with Gasteiger partial charge in [-0.05, 0) is 60.2 Å². The van der Waals surface area contributed by atoms with Gasteiger partial charge in [0, 0.05) is 6.42 Å². The Hall–Kier alpha value is -4.17. The van der Waals surface area contributed by atoms with Crippen molar-refractivity contribution >= 4 is 17.7 Å². The van der Waals surface area contributed by atoms with Crippen molar-refractivity contribution in [3.05, 3.63) is 101 Å². The van der Waals surface area contributed by atoms with Crippen LogP contribution in [-0.2, 0) is 20.8 Å². The number of nitrogens with zero attached hydrogens (tertiary/aromatic N) is 1. The largest absolute Gasteiger partial charge is 0.497 e. The molecule has 1 fully saturated rings. The zero-order chi connectivity index (χ0) is 30.0. The van der Waals surface area contributed by atoms with Crippen LogP contribution < -0.4 is 20.7 Å². The molecule has 0 aromatic heterocycles. The van der Waals surface area contributed by atoms with E-state index in [1.54, 1.807) is 26.0 Å². The second-order valence-corrected chi connectivity index (χ2v) is 12.0. The first-order chi connectivity index (χ1) is 20.1. The molecule has 2 aliphatic heterocycles. The van der Waals surface area contributed by atoms with Gasteiger partial charge >= 0.3 is 0 Å². The molecule has 0 spiro atoms. The highest BCUT2D eigenvalue weighted by Crippen LogP contribution is 2.50. The van der Waals surface area contributed by atoms with E-state index in [1.165, 1.54) is 0 Å². The Kier molecular flexibility index (Phi) is 8.36. The van der Waals surface area contributed by atoms with E-state index in [2.05, 4.69) is 16.0 Å². The highest BCUT2D eigenvalue weighted by atomic mass is 16.5. The number of carbonyl (C=O) groups is 3. The number of nitrogens with one attached hydrogen (secondary N) is 3. The van der Waals surface area contributed by atoms with Gasteiger partial charge in [-0.15, -0.1) is 0 Å². The smallest absolute Gasteiger partial charge is 0.246 e. The van der Waals surface area contributed by atoms with Crippen molar-refractivity contribution in [2.45, 2.75) is 63.8 Å². The van der Waals surface area contributed by atoms with Crippen LogP contribution in [0, 0.1) is 5.41 Å². The summed E-state index contributed by atoms with van der Waals surface area (Å²) in [7, 11) is 3.31. The molecule has 0 radical (unpaired) electrons. The Balaban J connectivity index is 1.55. The number of likely N-dealkylation sites (N-methyl/N-ethyl adjacent to an activating group) is 1. The number of methoxy groups -OCH3 is 1. The van der Waals surface area contributed by atoms with E-state index in [-0.39, 0.29) is 29.8 Å². The fraction of sp³-hybridized carbons (Fsp3) is 0.382. The Labute approximate surface area is 247 Å². The summed E-state index contributed by atoms with van der Waals surface area (Å²) in [6.07, 6.45) is 0.914. The topological polar surface area (TPSA) is 99.8 Å². The zero-order valence-electron chi connectivity index (χ0n) is 24.9. The fourth-order valence-corrected chi connectivity index (χ4v) is 6.40. The lowest BCUT2D eigenvalue weighted by Gasteiger charge is -2.35. The third-order valence-electron chi connectivity index (χ3n) is 8.70. The number of benzene rings is 3. The Morgan fingerprint density at radius 2 is 1.60 bits per heavy atom. The van der Waals surface area contributed by atoms with E-state index in [9.17, 15) is 14.4 Å². The first-order valence-corrected chi connectivity index (χ1v) is 14.5. The van der Waals surface area contributed by atoms with Crippen LogP contribution in [0.2, 0.25) is 0 Å². The number of ether oxygens (including phenoxy) is 1. The molecule has 2 unspecified atom stereocenters. The predicted octanol–water partition coefficient (Wildman–Crippen LogP) is 3.92. The van der Waals surface area contributed by atoms with Crippen LogP contribution >= 0.6 is 0 Å². The molecule has 3 aromatic rings. The van der Waals surface area contributed by atoms with Gasteiger partial charge in [0.05, 0.1) is 25.2 Å². The molecule has 42 heavy (non-hydrogen) atoms. The molecular formula is C34H40N4O4. The Morgan fingerprint density at radius 3 is 2.17 bits per heavy atom. The number of hydrogen-bond acceptors (Lipinski definition) is 5. The molecule has 8 heteroatoms. The number of rotatable bonds is 8. The lowest BCUT2D eigenvalue weighted by Crippen LogP contribution is -2.57. The Bertz CT molecular complexity index is 1400. The van der Waals surface area contributed by atoms with Crippen LogP contribution in [0.15, 0.2) is 78.9 Å². The maximum absolute atomic E-state index is 14.4. The molecule has 5 rings (SSSR count). The second-order valence-electron chi connectivity index (χ2n) is 12.0. The van der Waals surface area contributed by atoms with E-state index in [4.69, 9.17) is 4.74 Å². The summed E-state index contributed by atoms with van der Waals surface area (Å²) in [5.41, 5.74) is 3.28. The molecule has 8 nitrogen and oxygen atoms in total. The van der Waals surface area contributed by atoms with Crippen molar-refractivity contribution in [2.24, 2.45) is 5.41 Å². The molecule has 0 saturated carbocycles. The standard InChI is InChI=1S/C34H40N4O4/c1-21(35-4)31(39)36-27-19-24-18-25(42-5)16-17-26(24)28-20-34(2,3)30(38(28)33(27)41)32(40)37-29(22-12-8-6-9-13-22)23-14-10-7-11-15-23/h6-18,21,27-30,35H,19-20H2,1-5H3,(H,36,39)(H,37,40)/t21?,27-,28+,30?/m0/s1. The molecule has 3 amide bonds. The monoisotopic (exact) mass is 568 g/mol.